The lowest BCUT2D eigenvalue weighted by Gasteiger charge is -2.18. The molecule has 0 aliphatic rings. The van der Waals surface area contributed by atoms with Crippen LogP contribution < -0.4 is 5.73 Å². The van der Waals surface area contributed by atoms with Crippen LogP contribution in [0, 0.1) is 6.57 Å². The van der Waals surface area contributed by atoms with Crippen LogP contribution in [0.5, 0.6) is 0 Å². The summed E-state index contributed by atoms with van der Waals surface area (Å²) in [5, 5.41) is 7.40. The monoisotopic (exact) mass is 526 g/mol. The lowest BCUT2D eigenvalue weighted by atomic mass is 10.2. The van der Waals surface area contributed by atoms with E-state index in [0.717, 1.165) is 27.8 Å². The van der Waals surface area contributed by atoms with Crippen molar-refractivity contribution in [2.45, 2.75) is 57.0 Å². The van der Waals surface area contributed by atoms with Gasteiger partial charge < -0.3 is 15.2 Å². The fourth-order valence-corrected chi connectivity index (χ4v) is 5.34. The third kappa shape index (κ3) is 7.28. The minimum Gasteiger partial charge on any atom is -0.456 e. The number of hydrogen-bond acceptors (Lipinski definition) is 10. The van der Waals surface area contributed by atoms with E-state index in [1.165, 1.54) is 17.4 Å². The molecule has 0 aliphatic heterocycles. The molecule has 0 aromatic carbocycles. The lowest BCUT2D eigenvalue weighted by molar-refractivity contribution is 0.00626. The first-order valence-electron chi connectivity index (χ1n) is 9.82. The average Bonchev–Trinajstić information content (AvgIpc) is 3.34. The molecule has 0 aliphatic carbocycles. The van der Waals surface area contributed by atoms with E-state index in [9.17, 15) is 18.0 Å². The molecule has 34 heavy (non-hydrogen) atoms. The molecule has 3 rings (SSSR count). The van der Waals surface area contributed by atoms with Crippen LogP contribution >= 0.6 is 22.7 Å². The summed E-state index contributed by atoms with van der Waals surface area (Å²) >= 11 is 2.03. The van der Waals surface area contributed by atoms with Crippen molar-refractivity contribution in [2.24, 2.45) is 0 Å². The molecule has 13 heteroatoms. The van der Waals surface area contributed by atoms with Crippen LogP contribution in [0.4, 0.5) is 11.5 Å². The van der Waals surface area contributed by atoms with Crippen LogP contribution in [0.15, 0.2) is 16.3 Å². The number of nitrogens with two attached hydrogens (primary N) is 1. The highest BCUT2D eigenvalue weighted by molar-refractivity contribution is 7.93. The summed E-state index contributed by atoms with van der Waals surface area (Å²) in [6.07, 6.45) is 1.01. The van der Waals surface area contributed by atoms with Crippen molar-refractivity contribution >= 4 is 66.2 Å². The Kier molecular flexibility index (Phi) is 7.81. The van der Waals surface area contributed by atoms with E-state index in [4.69, 9.17) is 21.8 Å². The molecule has 3 aromatic heterocycles. The molecule has 0 atom stereocenters. The van der Waals surface area contributed by atoms with Gasteiger partial charge in [-0.3, -0.25) is 5.10 Å². The summed E-state index contributed by atoms with van der Waals surface area (Å²) in [7, 11) is -3.50. The number of aromatic amines is 1. The number of fused-ring (bicyclic) bond motifs is 1. The van der Waals surface area contributed by atoms with Gasteiger partial charge in [-0.1, -0.05) is 0 Å². The molecule has 0 bridgehead atoms. The quantitative estimate of drug-likeness (QED) is 0.365. The van der Waals surface area contributed by atoms with E-state index in [1.807, 2.05) is 20.8 Å². The smallest absolute Gasteiger partial charge is 0.348 e. The van der Waals surface area contributed by atoms with Gasteiger partial charge in [0.25, 0.3) is 0 Å². The molecule has 0 unspecified atom stereocenters. The number of H-pyrrole nitrogens is 1. The highest BCUT2D eigenvalue weighted by atomic mass is 32.2. The molecule has 0 fully saturated rings. The van der Waals surface area contributed by atoms with Crippen molar-refractivity contribution in [3.63, 3.8) is 0 Å². The second kappa shape index (κ2) is 9.73. The maximum absolute atomic E-state index is 11.8. The fourth-order valence-electron chi connectivity index (χ4n) is 2.39. The van der Waals surface area contributed by atoms with Gasteiger partial charge in [0.1, 0.15) is 35.8 Å². The third-order valence-electron chi connectivity index (χ3n) is 3.62. The van der Waals surface area contributed by atoms with Gasteiger partial charge in [-0.2, -0.15) is 5.10 Å². The molecular formula is C21H26N4O6S3. The van der Waals surface area contributed by atoms with Gasteiger partial charge in [-0.15, -0.1) is 22.7 Å². The van der Waals surface area contributed by atoms with Crippen LogP contribution in [-0.2, 0) is 19.3 Å². The number of anilines is 1. The molecule has 3 N–H and O–H groups in total. The summed E-state index contributed by atoms with van der Waals surface area (Å²) in [5.74, 6) is -0.483. The highest BCUT2D eigenvalue weighted by Gasteiger charge is 2.25. The van der Waals surface area contributed by atoms with Crippen LogP contribution in [0.3, 0.4) is 0 Å². The summed E-state index contributed by atoms with van der Waals surface area (Å²) in [4.78, 5) is 28.0. The van der Waals surface area contributed by atoms with Gasteiger partial charge >= 0.3 is 11.9 Å². The van der Waals surface area contributed by atoms with Gasteiger partial charge in [0.2, 0.25) is 5.69 Å². The van der Waals surface area contributed by atoms with Crippen molar-refractivity contribution in [1.82, 2.24) is 10.2 Å². The van der Waals surface area contributed by atoms with Crippen LogP contribution in [0.2, 0.25) is 0 Å². The first-order chi connectivity index (χ1) is 15.4. The number of aromatic nitrogens is 2. The van der Waals surface area contributed by atoms with E-state index in [-0.39, 0.29) is 20.7 Å². The SMILES string of the molecule is CC(C)(C)OC(=O)c1cc2c(N)[nH]nc2s1.[C-]#[N+]c1cc(C(=O)OC(C)(C)C)sc1S(C)(=O)=O. The number of sulfone groups is 1. The van der Waals surface area contributed by atoms with E-state index in [2.05, 4.69) is 15.0 Å². The average molecular weight is 527 g/mol. The standard InChI is InChI=1S/C11H13NO4S2.C10H13N3O2S/c1-11(2,3)16-9(13)8-6-7(12-4)10(17-8)18(5,14)15;1-10(2,3)15-9(14)6-4-5-7(11)12-13-8(5)16-6/h6H,1-3,5H3;4H,1-3H3,(H3,11,12,13). The molecule has 3 aromatic rings. The van der Waals surface area contributed by atoms with Crippen LogP contribution in [0.25, 0.3) is 15.1 Å². The number of nitrogens with one attached hydrogen (secondary N) is 1. The first-order valence-corrected chi connectivity index (χ1v) is 13.3. The Labute approximate surface area is 205 Å². The predicted molar refractivity (Wildman–Crippen MR) is 132 cm³/mol. The van der Waals surface area contributed by atoms with Gasteiger partial charge in [0, 0.05) is 6.26 Å². The summed E-state index contributed by atoms with van der Waals surface area (Å²) in [6, 6.07) is 2.95. The van der Waals surface area contributed by atoms with Crippen molar-refractivity contribution < 1.29 is 27.5 Å². The lowest BCUT2D eigenvalue weighted by Crippen LogP contribution is -2.23. The second-order valence-corrected chi connectivity index (χ2v) is 13.4. The number of ether oxygens (including phenoxy) is 2. The summed E-state index contributed by atoms with van der Waals surface area (Å²) in [6.45, 7) is 17.6. The molecule has 0 amide bonds. The first kappa shape index (κ1) is 27.3. The van der Waals surface area contributed by atoms with Crippen LogP contribution in [0.1, 0.15) is 60.9 Å². The van der Waals surface area contributed by atoms with Gasteiger partial charge in [-0.05, 0) is 53.7 Å². The second-order valence-electron chi connectivity index (χ2n) is 9.14. The number of carbonyl (C=O) groups is 2. The van der Waals surface area contributed by atoms with Crippen LogP contribution in [-0.4, -0.2) is 48.0 Å². The van der Waals surface area contributed by atoms with Crippen molar-refractivity contribution in [1.29, 1.82) is 0 Å². The zero-order valence-electron chi connectivity index (χ0n) is 19.8. The Morgan fingerprint density at radius 1 is 1.03 bits per heavy atom. The Balaban J connectivity index is 0.000000241. The molecule has 0 saturated heterocycles. The predicted octanol–water partition coefficient (Wildman–Crippen LogP) is 4.82. The molecule has 3 heterocycles. The Hall–Kier alpha value is -2.95. The number of nitrogens with zero attached hydrogens (tertiary/aromatic N) is 2. The third-order valence-corrected chi connectivity index (χ3v) is 7.57. The Morgan fingerprint density at radius 3 is 1.91 bits per heavy atom. The minimum absolute atomic E-state index is 0.0386. The van der Waals surface area contributed by atoms with Crippen molar-refractivity contribution in [3.05, 3.63) is 33.3 Å². The molecule has 0 spiro atoms. The maximum atomic E-state index is 11.8. The zero-order chi connectivity index (χ0) is 26.1. The van der Waals surface area contributed by atoms with Crippen molar-refractivity contribution in [2.75, 3.05) is 12.0 Å². The largest absolute Gasteiger partial charge is 0.456 e. The molecule has 0 radical (unpaired) electrons. The molecule has 0 saturated carbocycles. The number of rotatable bonds is 3. The summed E-state index contributed by atoms with van der Waals surface area (Å²) in [5.41, 5.74) is 4.46. The number of carbonyl (C=O) groups excluding carboxylic acids is 2. The normalized spacial score (nSPS) is 11.9. The number of nitrogen functional groups attached to an aromatic ring is 1. The number of thiophene rings is 2. The van der Waals surface area contributed by atoms with E-state index in [1.54, 1.807) is 26.8 Å². The Morgan fingerprint density at radius 2 is 1.53 bits per heavy atom. The van der Waals surface area contributed by atoms with Gasteiger partial charge in [0.05, 0.1) is 12.0 Å². The van der Waals surface area contributed by atoms with Gasteiger partial charge in [-0.25, -0.2) is 22.9 Å². The molecular weight excluding hydrogens is 500 g/mol. The van der Waals surface area contributed by atoms with E-state index >= 15 is 0 Å². The minimum atomic E-state index is -3.50. The van der Waals surface area contributed by atoms with Gasteiger partial charge in [0.15, 0.2) is 9.84 Å². The maximum Gasteiger partial charge on any atom is 0.348 e. The van der Waals surface area contributed by atoms with E-state index in [0.29, 0.717) is 10.7 Å². The summed E-state index contributed by atoms with van der Waals surface area (Å²) < 4.78 is 33.2. The zero-order valence-corrected chi connectivity index (χ0v) is 22.3. The number of hydrogen-bond donors (Lipinski definition) is 2. The highest BCUT2D eigenvalue weighted by Crippen LogP contribution is 2.34. The number of esters is 2. The fraction of sp³-hybridized carbons (Fsp3) is 0.429. The van der Waals surface area contributed by atoms with E-state index < -0.39 is 27.0 Å². The molecule has 184 valence electrons. The topological polar surface area (TPSA) is 146 Å². The molecule has 10 nitrogen and oxygen atoms in total. The van der Waals surface area contributed by atoms with Crippen molar-refractivity contribution in [3.8, 4) is 0 Å². The Bertz CT molecular complexity index is 1360.